The first-order chi connectivity index (χ1) is 18.8. The Kier molecular flexibility index (Phi) is 7.97. The van der Waals surface area contributed by atoms with Crippen LogP contribution in [0.25, 0.3) is 0 Å². The van der Waals surface area contributed by atoms with Crippen LogP contribution in [-0.2, 0) is 4.79 Å². The SMILES string of the molecule is CCN(C(=O)c1cc2c(cc1F)OC(C)(C)C(=O)N2CCN)[C@H]1CN(C(=O)O)CC[C@@H]1c1cc(F)c(F)cc1F. The van der Waals surface area contributed by atoms with E-state index in [2.05, 4.69) is 0 Å². The number of amides is 3. The second-order valence-electron chi connectivity index (χ2n) is 10.2. The Balaban J connectivity index is 1.78. The predicted molar refractivity (Wildman–Crippen MR) is 136 cm³/mol. The van der Waals surface area contributed by atoms with Crippen molar-refractivity contribution in [1.29, 1.82) is 0 Å². The number of ether oxygens (including phenoxy) is 1. The molecule has 0 spiro atoms. The monoisotopic (exact) mass is 566 g/mol. The number of piperidine rings is 1. The third-order valence-electron chi connectivity index (χ3n) is 7.34. The Hall–Kier alpha value is -3.87. The third kappa shape index (κ3) is 5.17. The summed E-state index contributed by atoms with van der Waals surface area (Å²) in [5.41, 5.74) is 3.86. The molecule has 2 aromatic rings. The van der Waals surface area contributed by atoms with Gasteiger partial charge in [0.1, 0.15) is 17.4 Å². The Morgan fingerprint density at radius 1 is 1.10 bits per heavy atom. The van der Waals surface area contributed by atoms with Crippen LogP contribution in [0.5, 0.6) is 5.75 Å². The first-order valence-electron chi connectivity index (χ1n) is 12.8. The molecular weight excluding hydrogens is 536 g/mol. The van der Waals surface area contributed by atoms with E-state index in [1.807, 2.05) is 0 Å². The van der Waals surface area contributed by atoms with E-state index in [-0.39, 0.29) is 56.1 Å². The van der Waals surface area contributed by atoms with Crippen LogP contribution in [0.1, 0.15) is 49.0 Å². The number of hydrogen-bond acceptors (Lipinski definition) is 5. The van der Waals surface area contributed by atoms with Crippen LogP contribution >= 0.6 is 0 Å². The fraction of sp³-hybridized carbons (Fsp3) is 0.444. The van der Waals surface area contributed by atoms with E-state index in [4.69, 9.17) is 10.5 Å². The van der Waals surface area contributed by atoms with Crippen LogP contribution in [0.2, 0.25) is 0 Å². The molecule has 1 saturated heterocycles. The Morgan fingerprint density at radius 2 is 1.77 bits per heavy atom. The van der Waals surface area contributed by atoms with Gasteiger partial charge in [-0.2, -0.15) is 0 Å². The molecule has 0 bridgehead atoms. The fourth-order valence-corrected chi connectivity index (χ4v) is 5.39. The van der Waals surface area contributed by atoms with E-state index in [0.29, 0.717) is 12.1 Å². The summed E-state index contributed by atoms with van der Waals surface area (Å²) in [6.07, 6.45) is -1.29. The van der Waals surface area contributed by atoms with Crippen molar-refractivity contribution in [3.05, 3.63) is 58.7 Å². The second kappa shape index (κ2) is 11.0. The number of likely N-dealkylation sites (tertiary alicyclic amines) is 1. The molecule has 4 rings (SSSR count). The van der Waals surface area contributed by atoms with Gasteiger partial charge in [-0.15, -0.1) is 0 Å². The number of anilines is 1. The minimum atomic E-state index is -1.39. The summed E-state index contributed by atoms with van der Waals surface area (Å²) in [4.78, 5) is 42.1. The number of carbonyl (C=O) groups excluding carboxylic acids is 2. The van der Waals surface area contributed by atoms with Gasteiger partial charge in [0.2, 0.25) is 0 Å². The zero-order valence-corrected chi connectivity index (χ0v) is 22.2. The van der Waals surface area contributed by atoms with Gasteiger partial charge in [0.15, 0.2) is 17.2 Å². The zero-order chi connectivity index (χ0) is 29.5. The highest BCUT2D eigenvalue weighted by Gasteiger charge is 2.43. The van der Waals surface area contributed by atoms with Gasteiger partial charge in [-0.25, -0.2) is 22.4 Å². The predicted octanol–water partition coefficient (Wildman–Crippen LogP) is 3.70. The number of carboxylic acid groups (broad SMARTS) is 1. The van der Waals surface area contributed by atoms with Gasteiger partial charge >= 0.3 is 6.09 Å². The molecule has 2 aromatic carbocycles. The zero-order valence-electron chi connectivity index (χ0n) is 22.2. The van der Waals surface area contributed by atoms with Gasteiger partial charge in [0.25, 0.3) is 11.8 Å². The van der Waals surface area contributed by atoms with Crippen molar-refractivity contribution < 1.29 is 41.8 Å². The van der Waals surface area contributed by atoms with Crippen LogP contribution in [0, 0.1) is 23.3 Å². The van der Waals surface area contributed by atoms with Crippen molar-refractivity contribution in [1.82, 2.24) is 9.80 Å². The number of nitrogens with two attached hydrogens (primary N) is 1. The fourth-order valence-electron chi connectivity index (χ4n) is 5.39. The quantitative estimate of drug-likeness (QED) is 0.407. The molecule has 0 aromatic heterocycles. The van der Waals surface area contributed by atoms with Gasteiger partial charge in [-0.3, -0.25) is 9.59 Å². The summed E-state index contributed by atoms with van der Waals surface area (Å²) in [7, 11) is 0. The lowest BCUT2D eigenvalue weighted by Crippen LogP contribution is -2.55. The number of nitrogens with zero attached hydrogens (tertiary/aromatic N) is 3. The number of fused-ring (bicyclic) bond motifs is 1. The van der Waals surface area contributed by atoms with Crippen LogP contribution in [0.4, 0.5) is 28.0 Å². The summed E-state index contributed by atoms with van der Waals surface area (Å²) >= 11 is 0. The number of carbonyl (C=O) groups is 3. The molecule has 216 valence electrons. The molecule has 1 fully saturated rings. The lowest BCUT2D eigenvalue weighted by Gasteiger charge is -2.43. The van der Waals surface area contributed by atoms with Crippen LogP contribution in [-0.4, -0.2) is 77.2 Å². The van der Waals surface area contributed by atoms with Crippen LogP contribution in [0.15, 0.2) is 24.3 Å². The van der Waals surface area contributed by atoms with Crippen molar-refractivity contribution in [2.75, 3.05) is 37.6 Å². The smallest absolute Gasteiger partial charge is 0.407 e. The number of hydrogen-bond donors (Lipinski definition) is 2. The van der Waals surface area contributed by atoms with Crippen molar-refractivity contribution >= 4 is 23.6 Å². The molecule has 0 saturated carbocycles. The first-order valence-corrected chi connectivity index (χ1v) is 12.8. The van der Waals surface area contributed by atoms with E-state index in [0.717, 1.165) is 11.0 Å². The molecule has 3 N–H and O–H groups in total. The topological polar surface area (TPSA) is 116 Å². The standard InChI is InChI=1S/C27H30F4N4O5/c1-4-34(22-13-33(26(38)39)7-5-14(22)15-9-19(30)20(31)11-17(15)28)24(36)16-10-21-23(12-18(16)29)40-27(2,3)25(37)35(21)8-6-32/h9-12,14,22H,4-8,13,32H2,1-3H3,(H,38,39)/t14-,22+/m1/s1. The summed E-state index contributed by atoms with van der Waals surface area (Å²) in [6, 6.07) is 2.21. The maximum atomic E-state index is 15.4. The highest BCUT2D eigenvalue weighted by molar-refractivity contribution is 6.04. The lowest BCUT2D eigenvalue weighted by atomic mass is 9.83. The van der Waals surface area contributed by atoms with Crippen LogP contribution < -0.4 is 15.4 Å². The number of likely N-dealkylation sites (N-methyl/N-ethyl adjacent to an activating group) is 1. The average Bonchev–Trinajstić information content (AvgIpc) is 2.89. The molecule has 0 aliphatic carbocycles. The van der Waals surface area contributed by atoms with Gasteiger partial charge in [-0.1, -0.05) is 0 Å². The Labute approximate surface area is 228 Å². The first kappa shape index (κ1) is 29.1. The Bertz CT molecular complexity index is 1350. The minimum Gasteiger partial charge on any atom is -0.476 e. The van der Waals surface area contributed by atoms with E-state index in [9.17, 15) is 32.7 Å². The molecule has 3 amide bonds. The molecule has 0 unspecified atom stereocenters. The number of benzene rings is 2. The third-order valence-corrected chi connectivity index (χ3v) is 7.34. The maximum absolute atomic E-state index is 15.4. The molecular formula is C27H30F4N4O5. The van der Waals surface area contributed by atoms with E-state index >= 15 is 4.39 Å². The summed E-state index contributed by atoms with van der Waals surface area (Å²) in [5.74, 6) is -6.88. The largest absolute Gasteiger partial charge is 0.476 e. The lowest BCUT2D eigenvalue weighted by molar-refractivity contribution is -0.132. The average molecular weight is 567 g/mol. The highest BCUT2D eigenvalue weighted by atomic mass is 19.2. The molecule has 40 heavy (non-hydrogen) atoms. The molecule has 2 atom stereocenters. The number of rotatable bonds is 6. The molecule has 2 aliphatic heterocycles. The van der Waals surface area contributed by atoms with Crippen molar-refractivity contribution in [3.8, 4) is 5.75 Å². The van der Waals surface area contributed by atoms with Crippen LogP contribution in [0.3, 0.4) is 0 Å². The van der Waals surface area contributed by atoms with E-state index in [1.165, 1.54) is 29.7 Å². The minimum absolute atomic E-state index is 0.00287. The van der Waals surface area contributed by atoms with Crippen molar-refractivity contribution in [3.63, 3.8) is 0 Å². The molecule has 2 heterocycles. The summed E-state index contributed by atoms with van der Waals surface area (Å²) in [6.45, 7) is 4.39. The normalized spacial score (nSPS) is 20.1. The highest BCUT2D eigenvalue weighted by Crippen LogP contribution is 2.40. The molecule has 9 nitrogen and oxygen atoms in total. The Morgan fingerprint density at radius 3 is 2.40 bits per heavy atom. The van der Waals surface area contributed by atoms with E-state index in [1.54, 1.807) is 6.92 Å². The van der Waals surface area contributed by atoms with Gasteiger partial charge in [-0.05, 0) is 44.9 Å². The van der Waals surface area contributed by atoms with E-state index < -0.39 is 64.3 Å². The second-order valence-corrected chi connectivity index (χ2v) is 10.2. The van der Waals surface area contributed by atoms with Gasteiger partial charge in [0, 0.05) is 50.8 Å². The summed E-state index contributed by atoms with van der Waals surface area (Å²) in [5, 5.41) is 9.60. The van der Waals surface area contributed by atoms with Crippen molar-refractivity contribution in [2.24, 2.45) is 5.73 Å². The van der Waals surface area contributed by atoms with Gasteiger partial charge < -0.3 is 30.3 Å². The molecule has 0 radical (unpaired) electrons. The summed E-state index contributed by atoms with van der Waals surface area (Å²) < 4.78 is 63.7. The molecule has 2 aliphatic rings. The number of halogens is 4. The maximum Gasteiger partial charge on any atom is 0.407 e. The van der Waals surface area contributed by atoms with Gasteiger partial charge in [0.05, 0.1) is 17.3 Å². The van der Waals surface area contributed by atoms with Crippen molar-refractivity contribution in [2.45, 2.75) is 44.8 Å². The molecule has 13 heteroatoms.